The first-order valence-corrected chi connectivity index (χ1v) is 16.0. The van der Waals surface area contributed by atoms with Gasteiger partial charge in [0.1, 0.15) is 12.6 Å². The minimum Gasteiger partial charge on any atom is -0.354 e. The van der Waals surface area contributed by atoms with E-state index in [1.165, 1.54) is 17.0 Å². The molecule has 0 fully saturated rings. The van der Waals surface area contributed by atoms with Crippen LogP contribution in [0.25, 0.3) is 0 Å². The van der Waals surface area contributed by atoms with E-state index in [0.29, 0.717) is 22.8 Å². The SMILES string of the molecule is CCCNC(=O)[C@@H](Cc1ccccc1)N(Cc1ccccc1)C(=O)CN(c1ccc(Cl)cc1C)S(=O)(=O)c1ccccc1. The number of nitrogens with one attached hydrogen (secondary N) is 1. The van der Waals surface area contributed by atoms with Crippen molar-refractivity contribution in [1.29, 1.82) is 0 Å². The summed E-state index contributed by atoms with van der Waals surface area (Å²) >= 11 is 6.21. The number of benzene rings is 4. The fourth-order valence-corrected chi connectivity index (χ4v) is 6.56. The summed E-state index contributed by atoms with van der Waals surface area (Å²) in [4.78, 5) is 29.6. The Kier molecular flexibility index (Phi) is 11.0. The molecule has 0 aliphatic carbocycles. The number of halogens is 1. The van der Waals surface area contributed by atoms with E-state index in [-0.39, 0.29) is 23.8 Å². The zero-order valence-corrected chi connectivity index (χ0v) is 25.9. The second kappa shape index (κ2) is 14.8. The van der Waals surface area contributed by atoms with Gasteiger partial charge in [0.15, 0.2) is 0 Å². The number of hydrogen-bond acceptors (Lipinski definition) is 4. The number of aryl methyl sites for hydroxylation is 1. The van der Waals surface area contributed by atoms with Crippen LogP contribution >= 0.6 is 11.6 Å². The number of carbonyl (C=O) groups excluding carboxylic acids is 2. The van der Waals surface area contributed by atoms with E-state index in [0.717, 1.165) is 21.9 Å². The lowest BCUT2D eigenvalue weighted by molar-refractivity contribution is -0.140. The van der Waals surface area contributed by atoms with Crippen LogP contribution in [0.1, 0.15) is 30.0 Å². The van der Waals surface area contributed by atoms with E-state index in [1.54, 1.807) is 43.3 Å². The number of hydrogen-bond donors (Lipinski definition) is 1. The molecular weight excluding hydrogens is 582 g/mol. The third-order valence-corrected chi connectivity index (χ3v) is 9.06. The summed E-state index contributed by atoms with van der Waals surface area (Å²) in [7, 11) is -4.17. The maximum Gasteiger partial charge on any atom is 0.264 e. The van der Waals surface area contributed by atoms with Crippen LogP contribution in [0.5, 0.6) is 0 Å². The van der Waals surface area contributed by atoms with Crippen LogP contribution in [0.3, 0.4) is 0 Å². The van der Waals surface area contributed by atoms with Crippen molar-refractivity contribution < 1.29 is 18.0 Å². The van der Waals surface area contributed by atoms with E-state index in [2.05, 4.69) is 5.32 Å². The Morgan fingerprint density at radius 2 is 1.42 bits per heavy atom. The minimum atomic E-state index is -4.17. The van der Waals surface area contributed by atoms with Crippen molar-refractivity contribution in [2.24, 2.45) is 0 Å². The molecule has 2 amide bonds. The molecule has 0 heterocycles. The molecule has 4 aromatic carbocycles. The highest BCUT2D eigenvalue weighted by Gasteiger charge is 2.35. The van der Waals surface area contributed by atoms with Gasteiger partial charge in [-0.25, -0.2) is 8.42 Å². The summed E-state index contributed by atoms with van der Waals surface area (Å²) < 4.78 is 29.2. The first-order chi connectivity index (χ1) is 20.7. The Bertz CT molecular complexity index is 1620. The average molecular weight is 618 g/mol. The minimum absolute atomic E-state index is 0.0493. The Morgan fingerprint density at radius 1 is 0.837 bits per heavy atom. The molecule has 0 aromatic heterocycles. The van der Waals surface area contributed by atoms with Crippen LogP contribution in [0, 0.1) is 6.92 Å². The molecule has 0 saturated heterocycles. The zero-order chi connectivity index (χ0) is 30.8. The molecule has 43 heavy (non-hydrogen) atoms. The van der Waals surface area contributed by atoms with Gasteiger partial charge in [-0.2, -0.15) is 0 Å². The standard InChI is InChI=1S/C34H36ClN3O4S/c1-3-21-36-34(40)32(23-27-13-7-4-8-14-27)37(24-28-15-9-5-10-16-28)33(39)25-38(31-20-19-29(35)22-26(31)2)43(41,42)30-17-11-6-12-18-30/h4-20,22,32H,3,21,23-25H2,1-2H3,(H,36,40)/t32-/m1/s1. The van der Waals surface area contributed by atoms with Crippen LogP contribution in [-0.4, -0.2) is 44.3 Å². The fraction of sp³-hybridized carbons (Fsp3) is 0.235. The highest BCUT2D eigenvalue weighted by atomic mass is 35.5. The predicted octanol–water partition coefficient (Wildman–Crippen LogP) is 6.01. The lowest BCUT2D eigenvalue weighted by Crippen LogP contribution is -2.53. The third-order valence-electron chi connectivity index (χ3n) is 7.05. The Hall–Kier alpha value is -4.14. The van der Waals surface area contributed by atoms with Crippen molar-refractivity contribution in [2.75, 3.05) is 17.4 Å². The topological polar surface area (TPSA) is 86.8 Å². The number of anilines is 1. The Morgan fingerprint density at radius 3 is 2.00 bits per heavy atom. The molecule has 0 spiro atoms. The first-order valence-electron chi connectivity index (χ1n) is 14.2. The van der Waals surface area contributed by atoms with Crippen molar-refractivity contribution in [2.45, 2.75) is 44.2 Å². The first kappa shape index (κ1) is 31.8. The summed E-state index contributed by atoms with van der Waals surface area (Å²) in [5.41, 5.74) is 2.62. The van der Waals surface area contributed by atoms with Gasteiger partial charge in [-0.3, -0.25) is 13.9 Å². The lowest BCUT2D eigenvalue weighted by atomic mass is 10.0. The number of carbonyl (C=O) groups is 2. The van der Waals surface area contributed by atoms with Gasteiger partial charge >= 0.3 is 0 Å². The summed E-state index contributed by atoms with van der Waals surface area (Å²) in [6.07, 6.45) is 0.996. The molecule has 0 bridgehead atoms. The predicted molar refractivity (Wildman–Crippen MR) is 171 cm³/mol. The van der Waals surface area contributed by atoms with E-state index < -0.39 is 28.5 Å². The van der Waals surface area contributed by atoms with Crippen LogP contribution in [0.4, 0.5) is 5.69 Å². The molecule has 4 aromatic rings. The molecule has 9 heteroatoms. The Labute approximate surface area is 259 Å². The molecule has 7 nitrogen and oxygen atoms in total. The van der Waals surface area contributed by atoms with Gasteiger partial charge in [-0.1, -0.05) is 97.4 Å². The maximum absolute atomic E-state index is 14.4. The molecule has 224 valence electrons. The highest BCUT2D eigenvalue weighted by molar-refractivity contribution is 7.92. The molecule has 0 unspecified atom stereocenters. The van der Waals surface area contributed by atoms with Crippen molar-refractivity contribution in [3.63, 3.8) is 0 Å². The van der Waals surface area contributed by atoms with Gasteiger partial charge in [0.25, 0.3) is 10.0 Å². The van der Waals surface area contributed by atoms with E-state index in [9.17, 15) is 18.0 Å². The summed E-state index contributed by atoms with van der Waals surface area (Å²) in [6.45, 7) is 3.77. The lowest BCUT2D eigenvalue weighted by Gasteiger charge is -2.34. The highest BCUT2D eigenvalue weighted by Crippen LogP contribution is 2.29. The van der Waals surface area contributed by atoms with Crippen molar-refractivity contribution >= 4 is 39.1 Å². The number of amides is 2. The van der Waals surface area contributed by atoms with Gasteiger partial charge in [0.05, 0.1) is 10.6 Å². The van der Waals surface area contributed by atoms with Crippen molar-refractivity contribution in [1.82, 2.24) is 10.2 Å². The van der Waals surface area contributed by atoms with Gasteiger partial charge in [0, 0.05) is 24.5 Å². The zero-order valence-electron chi connectivity index (χ0n) is 24.3. The number of nitrogens with zero attached hydrogens (tertiary/aromatic N) is 2. The molecule has 0 aliphatic heterocycles. The summed E-state index contributed by atoms with van der Waals surface area (Å²) in [5.74, 6) is -0.805. The molecule has 0 saturated carbocycles. The second-order valence-corrected chi connectivity index (χ2v) is 12.6. The van der Waals surface area contributed by atoms with E-state index in [1.807, 2.05) is 67.6 Å². The third kappa shape index (κ3) is 8.24. The van der Waals surface area contributed by atoms with Crippen molar-refractivity contribution in [3.05, 3.63) is 131 Å². The quantitative estimate of drug-likeness (QED) is 0.199. The maximum atomic E-state index is 14.4. The summed E-state index contributed by atoms with van der Waals surface area (Å²) in [6, 6.07) is 30.8. The molecule has 4 rings (SSSR count). The number of rotatable bonds is 13. The van der Waals surface area contributed by atoms with Gasteiger partial charge in [-0.15, -0.1) is 0 Å². The molecule has 1 atom stereocenters. The average Bonchev–Trinajstić information content (AvgIpc) is 3.02. The number of sulfonamides is 1. The summed E-state index contributed by atoms with van der Waals surface area (Å²) in [5, 5.41) is 3.40. The largest absolute Gasteiger partial charge is 0.354 e. The molecule has 0 radical (unpaired) electrons. The fourth-order valence-electron chi connectivity index (χ4n) is 4.83. The second-order valence-electron chi connectivity index (χ2n) is 10.3. The van der Waals surface area contributed by atoms with Crippen LogP contribution in [0.15, 0.2) is 114 Å². The molecule has 0 aliphatic rings. The van der Waals surface area contributed by atoms with Crippen LogP contribution in [-0.2, 0) is 32.6 Å². The normalized spacial score (nSPS) is 11.9. The van der Waals surface area contributed by atoms with Crippen molar-refractivity contribution in [3.8, 4) is 0 Å². The monoisotopic (exact) mass is 617 g/mol. The van der Waals surface area contributed by atoms with Gasteiger partial charge in [0.2, 0.25) is 11.8 Å². The molecular formula is C34H36ClN3O4S. The van der Waals surface area contributed by atoms with Gasteiger partial charge < -0.3 is 10.2 Å². The van der Waals surface area contributed by atoms with E-state index in [4.69, 9.17) is 11.6 Å². The van der Waals surface area contributed by atoms with Crippen LogP contribution in [0.2, 0.25) is 5.02 Å². The molecule has 1 N–H and O–H groups in total. The Balaban J connectivity index is 1.80. The van der Waals surface area contributed by atoms with E-state index >= 15 is 0 Å². The van der Waals surface area contributed by atoms with Crippen LogP contribution < -0.4 is 9.62 Å². The van der Waals surface area contributed by atoms with Gasteiger partial charge in [-0.05, 0) is 60.4 Å². The smallest absolute Gasteiger partial charge is 0.264 e.